The van der Waals surface area contributed by atoms with Crippen LogP contribution in [0.2, 0.25) is 0 Å². The summed E-state index contributed by atoms with van der Waals surface area (Å²) in [6.07, 6.45) is -4.85. The number of aliphatic hydroxyl groups is 1. The summed E-state index contributed by atoms with van der Waals surface area (Å²) in [6, 6.07) is 22.6. The Kier molecular flexibility index (Phi) is 9.29. The van der Waals surface area contributed by atoms with Gasteiger partial charge in [0, 0.05) is 37.1 Å². The van der Waals surface area contributed by atoms with Crippen molar-refractivity contribution < 1.29 is 36.6 Å². The lowest BCUT2D eigenvalue weighted by molar-refractivity contribution is -0.106. The minimum Gasteiger partial charge on any atom is -0.477 e. The fourth-order valence-corrected chi connectivity index (χ4v) is 5.83. The van der Waals surface area contributed by atoms with Gasteiger partial charge in [0.05, 0.1) is 11.8 Å². The van der Waals surface area contributed by atoms with E-state index in [2.05, 4.69) is 5.32 Å². The molecule has 4 aromatic rings. The minimum atomic E-state index is -4.87. The summed E-state index contributed by atoms with van der Waals surface area (Å²) < 4.78 is 64.4. The smallest absolute Gasteiger partial charge is 0.404 e. The molecule has 0 saturated heterocycles. The zero-order valence-electron chi connectivity index (χ0n) is 23.0. The summed E-state index contributed by atoms with van der Waals surface area (Å²) in [5, 5.41) is 24.3. The molecule has 0 aliphatic carbocycles. The van der Waals surface area contributed by atoms with E-state index in [9.17, 15) is 36.6 Å². The van der Waals surface area contributed by atoms with Crippen LogP contribution in [0.5, 0.6) is 0 Å². The molecule has 1 heterocycles. The highest BCUT2D eigenvalue weighted by Crippen LogP contribution is 2.26. The molecule has 0 amide bonds. The average Bonchev–Trinajstić information content (AvgIpc) is 3.28. The van der Waals surface area contributed by atoms with E-state index in [-0.39, 0.29) is 24.0 Å². The zero-order valence-corrected chi connectivity index (χ0v) is 23.9. The third-order valence-electron chi connectivity index (χ3n) is 6.97. The number of carboxylic acids is 1. The van der Waals surface area contributed by atoms with Crippen LogP contribution < -0.4 is 9.62 Å². The van der Waals surface area contributed by atoms with Crippen LogP contribution in [-0.4, -0.2) is 60.7 Å². The number of alkyl halides is 3. The van der Waals surface area contributed by atoms with Gasteiger partial charge in [-0.15, -0.1) is 0 Å². The Morgan fingerprint density at radius 1 is 1.00 bits per heavy atom. The Morgan fingerprint density at radius 3 is 2.26 bits per heavy atom. The molecule has 0 aliphatic rings. The lowest BCUT2D eigenvalue weighted by Gasteiger charge is -2.20. The molecule has 0 saturated carbocycles. The maximum atomic E-state index is 12.7. The van der Waals surface area contributed by atoms with Gasteiger partial charge in [0.1, 0.15) is 5.69 Å². The van der Waals surface area contributed by atoms with Crippen LogP contribution in [0.15, 0.2) is 78.9 Å². The Bertz CT molecular complexity index is 1640. The number of hydrogen-bond donors (Lipinski definition) is 3. The number of nitrogens with one attached hydrogen (secondary N) is 1. The van der Waals surface area contributed by atoms with Gasteiger partial charge in [0.2, 0.25) is 10.0 Å². The molecule has 8 nitrogen and oxygen atoms in total. The second-order valence-electron chi connectivity index (χ2n) is 10.3. The Labute approximate surface area is 242 Å². The molecular formula is C30H32F3N3O5S. The van der Waals surface area contributed by atoms with E-state index in [0.29, 0.717) is 28.4 Å². The van der Waals surface area contributed by atoms with Crippen molar-refractivity contribution in [1.29, 1.82) is 0 Å². The third-order valence-corrected chi connectivity index (χ3v) is 8.71. The van der Waals surface area contributed by atoms with Crippen LogP contribution in [-0.2, 0) is 23.0 Å². The number of nitrogens with zero attached hydrogens (tertiary/aromatic N) is 2. The van der Waals surface area contributed by atoms with Crippen molar-refractivity contribution in [2.45, 2.75) is 38.2 Å². The highest BCUT2D eigenvalue weighted by molar-refractivity contribution is 7.92. The second-order valence-corrected chi connectivity index (χ2v) is 12.3. The van der Waals surface area contributed by atoms with E-state index >= 15 is 0 Å². The second kappa shape index (κ2) is 12.6. The van der Waals surface area contributed by atoms with E-state index in [1.54, 1.807) is 22.8 Å². The topological polar surface area (TPSA) is 112 Å². The van der Waals surface area contributed by atoms with Crippen molar-refractivity contribution in [3.8, 4) is 0 Å². The SMILES string of the molecule is CC(Cc1ccc2c(c1)cc(C(=O)O)n2Cc1ccc(N(C)S(=O)(=O)CC(F)(F)F)cc1)NCC(O)c1ccccc1. The lowest BCUT2D eigenvalue weighted by atomic mass is 10.0. The van der Waals surface area contributed by atoms with Crippen molar-refractivity contribution in [2.24, 2.45) is 0 Å². The average molecular weight is 604 g/mol. The maximum absolute atomic E-state index is 12.7. The van der Waals surface area contributed by atoms with Gasteiger partial charge in [0.15, 0.2) is 5.75 Å². The van der Waals surface area contributed by atoms with Crippen molar-refractivity contribution >= 4 is 32.6 Å². The molecule has 0 bridgehead atoms. The Balaban J connectivity index is 1.47. The molecule has 2 unspecified atom stereocenters. The molecule has 12 heteroatoms. The Morgan fingerprint density at radius 2 is 1.64 bits per heavy atom. The summed E-state index contributed by atoms with van der Waals surface area (Å²) in [5.41, 5.74) is 3.26. The molecule has 3 aromatic carbocycles. The fraction of sp³-hybridized carbons (Fsp3) is 0.300. The first-order chi connectivity index (χ1) is 19.7. The van der Waals surface area contributed by atoms with Crippen molar-refractivity contribution in [2.75, 3.05) is 23.7 Å². The van der Waals surface area contributed by atoms with E-state index in [0.717, 1.165) is 23.6 Å². The monoisotopic (exact) mass is 603 g/mol. The lowest BCUT2D eigenvalue weighted by Crippen LogP contribution is -2.35. The minimum absolute atomic E-state index is 0.0402. The van der Waals surface area contributed by atoms with Crippen LogP contribution in [0.3, 0.4) is 0 Å². The first kappa shape index (κ1) is 31.1. The number of carbonyl (C=O) groups is 1. The normalized spacial score (nSPS) is 13.7. The maximum Gasteiger partial charge on any atom is 0.404 e. The largest absolute Gasteiger partial charge is 0.477 e. The number of fused-ring (bicyclic) bond motifs is 1. The summed E-state index contributed by atoms with van der Waals surface area (Å²) in [6.45, 7) is 2.54. The van der Waals surface area contributed by atoms with Crippen molar-refractivity contribution in [3.05, 3.63) is 101 Å². The molecule has 4 rings (SSSR count). The van der Waals surface area contributed by atoms with Gasteiger partial charge in [0.25, 0.3) is 0 Å². The molecule has 3 N–H and O–H groups in total. The zero-order chi connectivity index (χ0) is 30.7. The van der Waals surface area contributed by atoms with Gasteiger partial charge in [-0.2, -0.15) is 13.2 Å². The highest BCUT2D eigenvalue weighted by Gasteiger charge is 2.37. The number of carboxylic acid groups (broad SMARTS) is 1. The number of aliphatic hydroxyl groups excluding tert-OH is 1. The number of aromatic carboxylic acids is 1. The highest BCUT2D eigenvalue weighted by atomic mass is 32.2. The van der Waals surface area contributed by atoms with Crippen LogP contribution in [0.25, 0.3) is 10.9 Å². The molecule has 0 fully saturated rings. The first-order valence-electron chi connectivity index (χ1n) is 13.2. The van der Waals surface area contributed by atoms with E-state index in [1.165, 1.54) is 12.1 Å². The summed E-state index contributed by atoms with van der Waals surface area (Å²) in [7, 11) is -3.55. The number of hydrogen-bond acceptors (Lipinski definition) is 5. The predicted molar refractivity (Wildman–Crippen MR) is 155 cm³/mol. The number of sulfonamides is 1. The molecule has 1 aromatic heterocycles. The van der Waals surface area contributed by atoms with E-state index in [1.807, 2.05) is 55.5 Å². The standard InChI is InChI=1S/C30H32F3N3O5S/c1-20(34-17-28(37)23-6-4-3-5-7-23)14-22-10-13-26-24(15-22)16-27(29(38)39)36(26)18-21-8-11-25(12-9-21)35(2)42(40,41)19-30(31,32)33/h3-13,15-16,20,28,34,37H,14,17-19H2,1-2H3,(H,38,39). The fourth-order valence-electron chi connectivity index (χ4n) is 4.78. The molecule has 0 aliphatic heterocycles. The van der Waals surface area contributed by atoms with Gasteiger partial charge in [-0.05, 0) is 60.4 Å². The summed E-state index contributed by atoms with van der Waals surface area (Å²) in [4.78, 5) is 12.1. The Hall–Kier alpha value is -3.87. The summed E-state index contributed by atoms with van der Waals surface area (Å²) in [5.74, 6) is -3.09. The number of rotatable bonds is 12. The van der Waals surface area contributed by atoms with Crippen LogP contribution in [0.1, 0.15) is 40.2 Å². The van der Waals surface area contributed by atoms with Crippen molar-refractivity contribution in [1.82, 2.24) is 9.88 Å². The molecule has 2 atom stereocenters. The first-order valence-corrected chi connectivity index (χ1v) is 14.8. The van der Waals surface area contributed by atoms with Gasteiger partial charge in [-0.3, -0.25) is 4.31 Å². The number of anilines is 1. The number of benzene rings is 3. The number of halogens is 3. The molecule has 0 radical (unpaired) electrons. The predicted octanol–water partition coefficient (Wildman–Crippen LogP) is 4.97. The molecule has 0 spiro atoms. The van der Waals surface area contributed by atoms with Gasteiger partial charge < -0.3 is 20.1 Å². The van der Waals surface area contributed by atoms with Gasteiger partial charge >= 0.3 is 12.1 Å². The van der Waals surface area contributed by atoms with Gasteiger partial charge in [-0.25, -0.2) is 13.2 Å². The third kappa shape index (κ3) is 7.69. The van der Waals surface area contributed by atoms with Gasteiger partial charge in [-0.1, -0.05) is 48.5 Å². The van der Waals surface area contributed by atoms with Crippen LogP contribution in [0.4, 0.5) is 18.9 Å². The summed E-state index contributed by atoms with van der Waals surface area (Å²) >= 11 is 0. The van der Waals surface area contributed by atoms with Crippen molar-refractivity contribution in [3.63, 3.8) is 0 Å². The van der Waals surface area contributed by atoms with Crippen LogP contribution in [0, 0.1) is 0 Å². The van der Waals surface area contributed by atoms with Crippen LogP contribution >= 0.6 is 0 Å². The molecule has 42 heavy (non-hydrogen) atoms. The van der Waals surface area contributed by atoms with E-state index in [4.69, 9.17) is 0 Å². The molecule has 224 valence electrons. The number of aromatic nitrogens is 1. The quantitative estimate of drug-likeness (QED) is 0.211. The molecular weight excluding hydrogens is 571 g/mol. The van der Waals surface area contributed by atoms with E-state index < -0.39 is 34.0 Å².